The van der Waals surface area contributed by atoms with E-state index in [0.29, 0.717) is 43.6 Å². The number of likely N-dealkylation sites (tertiary alicyclic amines) is 1. The van der Waals surface area contributed by atoms with E-state index < -0.39 is 59.2 Å². The molecule has 1 saturated heterocycles. The monoisotopic (exact) mass is 773 g/mol. The summed E-state index contributed by atoms with van der Waals surface area (Å²) in [7, 11) is 0. The molecule has 16 heteroatoms. The number of benzene rings is 2. The highest BCUT2D eigenvalue weighted by Crippen LogP contribution is 2.33. The molecule has 2 heterocycles. The molecule has 4 atom stereocenters. The lowest BCUT2D eigenvalue weighted by Crippen LogP contribution is -2.56. The molecule has 6 amide bonds. The molecular weight excluding hydrogens is 718 g/mol. The van der Waals surface area contributed by atoms with Crippen molar-refractivity contribution in [2.24, 2.45) is 11.7 Å². The third-order valence-electron chi connectivity index (χ3n) is 10.7. The van der Waals surface area contributed by atoms with Crippen molar-refractivity contribution in [3.05, 3.63) is 59.9 Å². The molecule has 1 aliphatic carbocycles. The minimum atomic E-state index is -1.35. The van der Waals surface area contributed by atoms with E-state index in [0.717, 1.165) is 42.9 Å². The summed E-state index contributed by atoms with van der Waals surface area (Å²) in [6.45, 7) is 5.72. The van der Waals surface area contributed by atoms with Crippen LogP contribution in [0.15, 0.2) is 48.7 Å². The van der Waals surface area contributed by atoms with Gasteiger partial charge in [-0.2, -0.15) is 0 Å². The van der Waals surface area contributed by atoms with Crippen LogP contribution in [-0.4, -0.2) is 98.2 Å². The van der Waals surface area contributed by atoms with Crippen LogP contribution in [0.1, 0.15) is 107 Å². The first kappa shape index (κ1) is 41.8. The molecule has 2 aliphatic rings. The van der Waals surface area contributed by atoms with Crippen LogP contribution in [0.2, 0.25) is 0 Å². The standard InChI is InChI=1S/C40H55N9O7/c1-4-42-39(55)43-19-11-10-16-30(34(50)35(41)51)45-37(53)32-22-29(49-33(23-44-47-49)40(2,3)56)24-48(32)38(54)31(20-25-12-6-5-7-13-25)46-36(52)28-18-17-26-14-8-9-15-27(26)21-28/h8-9,14-15,17-18,21,23,25,29-32,56H,4-7,10-13,16,19-20,22,24H2,1-3H3,(H2,41,51)(H,45,53)(H,46,52)(H2,42,43,55)/t29-,30?,31?,32-/m0/s1. The van der Waals surface area contributed by atoms with Crippen LogP contribution in [0.25, 0.3) is 10.8 Å². The number of unbranched alkanes of at least 4 members (excludes halogenated alkanes) is 1. The van der Waals surface area contributed by atoms with Gasteiger partial charge in [0, 0.05) is 31.6 Å². The first-order chi connectivity index (χ1) is 26.8. The third kappa shape index (κ3) is 10.7. The summed E-state index contributed by atoms with van der Waals surface area (Å²) in [5.41, 5.74) is 4.81. The van der Waals surface area contributed by atoms with Crippen molar-refractivity contribution in [3.63, 3.8) is 0 Å². The number of urea groups is 1. The minimum absolute atomic E-state index is 0.00367. The van der Waals surface area contributed by atoms with Gasteiger partial charge >= 0.3 is 6.03 Å². The van der Waals surface area contributed by atoms with Crippen LogP contribution < -0.4 is 27.0 Å². The smallest absolute Gasteiger partial charge is 0.314 e. The zero-order chi connectivity index (χ0) is 40.4. The summed E-state index contributed by atoms with van der Waals surface area (Å²) in [6, 6.07) is 8.71. The van der Waals surface area contributed by atoms with Crippen molar-refractivity contribution < 1.29 is 33.9 Å². The van der Waals surface area contributed by atoms with Crippen molar-refractivity contribution in [2.45, 2.75) is 115 Å². The summed E-state index contributed by atoms with van der Waals surface area (Å²) in [5, 5.41) is 32.0. The number of hydrogen-bond donors (Lipinski definition) is 6. The van der Waals surface area contributed by atoms with E-state index in [1.807, 2.05) is 30.3 Å². The zero-order valence-corrected chi connectivity index (χ0v) is 32.5. The lowest BCUT2D eigenvalue weighted by Gasteiger charge is -2.32. The number of amides is 6. The lowest BCUT2D eigenvalue weighted by molar-refractivity contribution is -0.142. The van der Waals surface area contributed by atoms with Gasteiger partial charge in [0.05, 0.1) is 24.0 Å². The quantitative estimate of drug-likeness (QED) is 0.0874. The van der Waals surface area contributed by atoms with Crippen molar-refractivity contribution in [1.29, 1.82) is 0 Å². The summed E-state index contributed by atoms with van der Waals surface area (Å²) in [6.07, 6.45) is 7.69. The number of rotatable bonds is 17. The van der Waals surface area contributed by atoms with Crippen LogP contribution in [0.5, 0.6) is 0 Å². The van der Waals surface area contributed by atoms with E-state index in [1.165, 1.54) is 15.8 Å². The molecule has 2 fully saturated rings. The Bertz CT molecular complexity index is 1880. The number of nitrogens with zero attached hydrogens (tertiary/aromatic N) is 4. The number of aliphatic hydroxyl groups is 1. The molecular formula is C40H55N9O7. The van der Waals surface area contributed by atoms with E-state index in [2.05, 4.69) is 31.6 Å². The van der Waals surface area contributed by atoms with Gasteiger partial charge in [0.2, 0.25) is 17.6 Å². The molecule has 2 unspecified atom stereocenters. The van der Waals surface area contributed by atoms with E-state index in [9.17, 15) is 33.9 Å². The predicted molar refractivity (Wildman–Crippen MR) is 208 cm³/mol. The molecule has 1 saturated carbocycles. The minimum Gasteiger partial charge on any atom is -0.384 e. The Morgan fingerprint density at radius 2 is 1.68 bits per heavy atom. The molecule has 0 radical (unpaired) electrons. The lowest BCUT2D eigenvalue weighted by atomic mass is 9.84. The van der Waals surface area contributed by atoms with Gasteiger partial charge in [-0.25, -0.2) is 9.48 Å². The van der Waals surface area contributed by atoms with E-state index in [4.69, 9.17) is 5.73 Å². The largest absolute Gasteiger partial charge is 0.384 e. The van der Waals surface area contributed by atoms with Crippen LogP contribution in [-0.2, 0) is 24.8 Å². The Labute approximate surface area is 326 Å². The van der Waals surface area contributed by atoms with Crippen LogP contribution in [0.4, 0.5) is 4.79 Å². The fourth-order valence-electron chi connectivity index (χ4n) is 7.79. The Kier molecular flexibility index (Phi) is 14.2. The number of Topliss-reactive ketones (excluding diaryl/α,β-unsaturated/α-hetero) is 1. The fourth-order valence-corrected chi connectivity index (χ4v) is 7.79. The topological polar surface area (TPSA) is 231 Å². The first-order valence-corrected chi connectivity index (χ1v) is 19.7. The number of carbonyl (C=O) groups excluding carboxylic acids is 6. The highest BCUT2D eigenvalue weighted by molar-refractivity contribution is 6.37. The summed E-state index contributed by atoms with van der Waals surface area (Å²) >= 11 is 0. The molecule has 1 aromatic heterocycles. The molecule has 2 aromatic carbocycles. The second-order valence-electron chi connectivity index (χ2n) is 15.4. The Hall–Kier alpha value is -5.38. The SMILES string of the molecule is CCNC(=O)NCCCCC(NC(=O)[C@@H]1C[C@H](n2nncc2C(C)(C)O)CN1C(=O)C(CC1CCCCC1)NC(=O)c1ccc2ccccc2c1)C(=O)C(N)=O. The molecule has 1 aliphatic heterocycles. The molecule has 0 spiro atoms. The molecule has 56 heavy (non-hydrogen) atoms. The molecule has 5 rings (SSSR count). The average molecular weight is 774 g/mol. The Balaban J connectivity index is 1.41. The summed E-state index contributed by atoms with van der Waals surface area (Å²) < 4.78 is 1.51. The number of fused-ring (bicyclic) bond motifs is 1. The number of ketones is 1. The Morgan fingerprint density at radius 3 is 2.38 bits per heavy atom. The normalized spacial score (nSPS) is 18.5. The number of nitrogens with two attached hydrogens (primary N) is 1. The number of nitrogens with one attached hydrogen (secondary N) is 4. The maximum absolute atomic E-state index is 14.8. The summed E-state index contributed by atoms with van der Waals surface area (Å²) in [4.78, 5) is 81.2. The van der Waals surface area contributed by atoms with Gasteiger partial charge in [-0.1, -0.05) is 67.6 Å². The number of primary amides is 1. The van der Waals surface area contributed by atoms with Crippen molar-refractivity contribution >= 4 is 46.2 Å². The molecule has 302 valence electrons. The van der Waals surface area contributed by atoms with Gasteiger partial charge in [0.25, 0.3) is 11.8 Å². The average Bonchev–Trinajstić information content (AvgIpc) is 3.86. The van der Waals surface area contributed by atoms with Gasteiger partial charge in [-0.3, -0.25) is 24.0 Å². The highest BCUT2D eigenvalue weighted by Gasteiger charge is 2.45. The molecule has 0 bridgehead atoms. The first-order valence-electron chi connectivity index (χ1n) is 19.7. The van der Waals surface area contributed by atoms with Gasteiger partial charge in [-0.15, -0.1) is 5.10 Å². The maximum atomic E-state index is 14.8. The van der Waals surface area contributed by atoms with Crippen molar-refractivity contribution in [1.82, 2.24) is 41.2 Å². The second-order valence-corrected chi connectivity index (χ2v) is 15.4. The number of aromatic nitrogens is 3. The zero-order valence-electron chi connectivity index (χ0n) is 32.5. The van der Waals surface area contributed by atoms with Gasteiger partial charge < -0.3 is 37.0 Å². The van der Waals surface area contributed by atoms with Crippen LogP contribution in [0, 0.1) is 5.92 Å². The van der Waals surface area contributed by atoms with Crippen molar-refractivity contribution in [3.8, 4) is 0 Å². The van der Waals surface area contributed by atoms with Gasteiger partial charge in [-0.05, 0) is 75.3 Å². The third-order valence-corrected chi connectivity index (χ3v) is 10.7. The maximum Gasteiger partial charge on any atom is 0.314 e. The summed E-state index contributed by atoms with van der Waals surface area (Å²) in [5.74, 6) is -3.58. The molecule has 16 nitrogen and oxygen atoms in total. The Morgan fingerprint density at radius 1 is 0.946 bits per heavy atom. The second kappa shape index (κ2) is 19.0. The predicted octanol–water partition coefficient (Wildman–Crippen LogP) is 2.60. The van der Waals surface area contributed by atoms with Gasteiger partial charge in [0.15, 0.2) is 0 Å². The van der Waals surface area contributed by atoms with E-state index >= 15 is 0 Å². The van der Waals surface area contributed by atoms with E-state index in [1.54, 1.807) is 32.9 Å². The van der Waals surface area contributed by atoms with Crippen molar-refractivity contribution in [2.75, 3.05) is 19.6 Å². The molecule has 7 N–H and O–H groups in total. The van der Waals surface area contributed by atoms with Crippen LogP contribution >= 0.6 is 0 Å². The van der Waals surface area contributed by atoms with E-state index in [-0.39, 0.29) is 31.3 Å². The highest BCUT2D eigenvalue weighted by atomic mass is 16.3. The number of carbonyl (C=O) groups is 6. The number of hydrogen-bond acceptors (Lipinski definition) is 9. The van der Waals surface area contributed by atoms with Gasteiger partial charge in [0.1, 0.15) is 17.7 Å². The van der Waals surface area contributed by atoms with Crippen LogP contribution in [0.3, 0.4) is 0 Å². The fraction of sp³-hybridized carbons (Fsp3) is 0.550. The molecule has 3 aromatic rings.